The van der Waals surface area contributed by atoms with Crippen LogP contribution in [0.15, 0.2) is 46.2 Å². The predicted molar refractivity (Wildman–Crippen MR) is 101 cm³/mol. The summed E-state index contributed by atoms with van der Waals surface area (Å²) in [4.78, 5) is 9.21. The van der Waals surface area contributed by atoms with Gasteiger partial charge in [0.05, 0.1) is 16.8 Å². The maximum absolute atomic E-state index is 6.44. The van der Waals surface area contributed by atoms with Crippen molar-refractivity contribution in [1.29, 1.82) is 0 Å². The van der Waals surface area contributed by atoms with E-state index in [2.05, 4.69) is 26.5 Å². The lowest BCUT2D eigenvalue weighted by Crippen LogP contribution is -2.02. The molecular weight excluding hydrogens is 338 g/mol. The molecule has 0 unspecified atom stereocenters. The third-order valence-corrected chi connectivity index (χ3v) is 5.00. The van der Waals surface area contributed by atoms with Crippen LogP contribution in [0.3, 0.4) is 0 Å². The fourth-order valence-electron chi connectivity index (χ4n) is 2.65. The molecule has 4 aromatic rings. The first kappa shape index (κ1) is 15.2. The van der Waals surface area contributed by atoms with Gasteiger partial charge in [-0.25, -0.2) is 14.6 Å². The first-order chi connectivity index (χ1) is 11.7. The molecule has 0 saturated carbocycles. The Labute approximate surface area is 147 Å². The highest BCUT2D eigenvalue weighted by molar-refractivity contribution is 7.98. The monoisotopic (exact) mass is 353 g/mol. The summed E-state index contributed by atoms with van der Waals surface area (Å²) in [5.41, 5.74) is 11.0. The van der Waals surface area contributed by atoms with E-state index < -0.39 is 0 Å². The molecule has 24 heavy (non-hydrogen) atoms. The molecule has 0 saturated heterocycles. The Morgan fingerprint density at radius 3 is 2.79 bits per heavy atom. The molecule has 0 aliphatic heterocycles. The highest BCUT2D eigenvalue weighted by Crippen LogP contribution is 2.34. The third-order valence-electron chi connectivity index (χ3n) is 3.77. The van der Waals surface area contributed by atoms with E-state index in [1.807, 2.05) is 42.8 Å². The van der Waals surface area contributed by atoms with Crippen molar-refractivity contribution in [2.24, 2.45) is 0 Å². The van der Waals surface area contributed by atoms with Crippen molar-refractivity contribution >= 4 is 39.9 Å². The second-order valence-electron chi connectivity index (χ2n) is 5.41. The minimum atomic E-state index is 0.560. The summed E-state index contributed by atoms with van der Waals surface area (Å²) < 4.78 is 1.74. The van der Waals surface area contributed by atoms with Crippen LogP contribution in [0, 0.1) is 6.92 Å². The molecule has 0 bridgehead atoms. The summed E-state index contributed by atoms with van der Waals surface area (Å²) >= 11 is 3.13. The maximum Gasteiger partial charge on any atom is 0.190 e. The minimum Gasteiger partial charge on any atom is -0.383 e. The number of rotatable bonds is 3. The third kappa shape index (κ3) is 2.46. The van der Waals surface area contributed by atoms with E-state index in [0.717, 1.165) is 27.9 Å². The van der Waals surface area contributed by atoms with Crippen molar-refractivity contribution in [2.75, 3.05) is 12.0 Å². The zero-order valence-electron chi connectivity index (χ0n) is 13.2. The second kappa shape index (κ2) is 5.92. The van der Waals surface area contributed by atoms with Gasteiger partial charge in [0.2, 0.25) is 0 Å². The second-order valence-corrected chi connectivity index (χ2v) is 6.96. The van der Waals surface area contributed by atoms with E-state index in [0.29, 0.717) is 16.6 Å². The highest BCUT2D eigenvalue weighted by atomic mass is 32.2. The zero-order valence-corrected chi connectivity index (χ0v) is 14.9. The average molecular weight is 353 g/mol. The van der Waals surface area contributed by atoms with E-state index in [-0.39, 0.29) is 0 Å². The molecule has 0 amide bonds. The average Bonchev–Trinajstić information content (AvgIpc) is 3.22. The predicted octanol–water partition coefficient (Wildman–Crippen LogP) is 4.16. The van der Waals surface area contributed by atoms with Gasteiger partial charge in [0, 0.05) is 10.9 Å². The van der Waals surface area contributed by atoms with Gasteiger partial charge in [-0.3, -0.25) is 0 Å². The summed E-state index contributed by atoms with van der Waals surface area (Å²) in [6, 6.07) is 10.1. The van der Waals surface area contributed by atoms with Gasteiger partial charge in [-0.2, -0.15) is 11.3 Å². The number of nitrogens with zero attached hydrogens (tertiary/aromatic N) is 4. The standard InChI is InChI=1S/C17H15N5S2/c1-10-4-3-5-12(8-10)22-15(18)13-14(11-6-7-24-9-11)19-17(23-2)20-16(13)21-22/h3-9H,18H2,1-2H3. The van der Waals surface area contributed by atoms with Gasteiger partial charge in [0.25, 0.3) is 0 Å². The topological polar surface area (TPSA) is 69.6 Å². The number of thiophene rings is 1. The molecule has 0 atom stereocenters. The fraction of sp³-hybridized carbons (Fsp3) is 0.118. The number of thioether (sulfide) groups is 1. The summed E-state index contributed by atoms with van der Waals surface area (Å²) in [5, 5.41) is 10.2. The Morgan fingerprint density at radius 2 is 2.08 bits per heavy atom. The SMILES string of the molecule is CSc1nc(-c2ccsc2)c2c(N)n(-c3cccc(C)c3)nc2n1. The van der Waals surface area contributed by atoms with E-state index >= 15 is 0 Å². The molecule has 3 heterocycles. The molecule has 0 fully saturated rings. The van der Waals surface area contributed by atoms with Gasteiger partial charge >= 0.3 is 0 Å². The van der Waals surface area contributed by atoms with E-state index in [9.17, 15) is 0 Å². The number of nitrogen functional groups attached to an aromatic ring is 1. The van der Waals surface area contributed by atoms with Crippen molar-refractivity contribution in [2.45, 2.75) is 12.1 Å². The lowest BCUT2D eigenvalue weighted by atomic mass is 10.1. The minimum absolute atomic E-state index is 0.560. The molecule has 5 nitrogen and oxygen atoms in total. The number of fused-ring (bicyclic) bond motifs is 1. The van der Waals surface area contributed by atoms with Crippen molar-refractivity contribution < 1.29 is 0 Å². The Kier molecular flexibility index (Phi) is 3.74. The molecular formula is C17H15N5S2. The molecule has 2 N–H and O–H groups in total. The largest absolute Gasteiger partial charge is 0.383 e. The van der Waals surface area contributed by atoms with Crippen molar-refractivity contribution in [1.82, 2.24) is 19.7 Å². The number of nitrogens with two attached hydrogens (primary N) is 1. The van der Waals surface area contributed by atoms with Crippen molar-refractivity contribution in [3.8, 4) is 16.9 Å². The molecule has 4 rings (SSSR count). The van der Waals surface area contributed by atoms with Crippen LogP contribution < -0.4 is 5.73 Å². The molecule has 0 aliphatic rings. The molecule has 0 aliphatic carbocycles. The lowest BCUT2D eigenvalue weighted by Gasteiger charge is -2.05. The smallest absolute Gasteiger partial charge is 0.190 e. The molecule has 7 heteroatoms. The van der Waals surface area contributed by atoms with Crippen LogP contribution in [0.1, 0.15) is 5.56 Å². The Hall–Kier alpha value is -2.38. The van der Waals surface area contributed by atoms with Crippen LogP contribution in [0.25, 0.3) is 28.0 Å². The van der Waals surface area contributed by atoms with Crippen LogP contribution in [0.4, 0.5) is 5.82 Å². The molecule has 1 aromatic carbocycles. The van der Waals surface area contributed by atoms with Crippen LogP contribution >= 0.6 is 23.1 Å². The summed E-state index contributed by atoms with van der Waals surface area (Å²) in [7, 11) is 0. The Morgan fingerprint density at radius 1 is 1.21 bits per heavy atom. The summed E-state index contributed by atoms with van der Waals surface area (Å²) in [6.45, 7) is 2.05. The van der Waals surface area contributed by atoms with Gasteiger partial charge < -0.3 is 5.73 Å². The van der Waals surface area contributed by atoms with E-state index in [4.69, 9.17) is 5.73 Å². The van der Waals surface area contributed by atoms with Crippen LogP contribution in [0.5, 0.6) is 0 Å². The van der Waals surface area contributed by atoms with Crippen LogP contribution in [-0.4, -0.2) is 26.0 Å². The van der Waals surface area contributed by atoms with Gasteiger partial charge in [-0.15, -0.1) is 5.10 Å². The van der Waals surface area contributed by atoms with Crippen LogP contribution in [0.2, 0.25) is 0 Å². The Bertz CT molecular complexity index is 1020. The number of benzene rings is 1. The number of aryl methyl sites for hydroxylation is 1. The zero-order chi connectivity index (χ0) is 16.7. The summed E-state index contributed by atoms with van der Waals surface area (Å²) in [6.07, 6.45) is 1.96. The first-order valence-electron chi connectivity index (χ1n) is 7.37. The summed E-state index contributed by atoms with van der Waals surface area (Å²) in [5.74, 6) is 0.560. The Balaban J connectivity index is 2.03. The fourth-order valence-corrected chi connectivity index (χ4v) is 3.65. The molecule has 3 aromatic heterocycles. The quantitative estimate of drug-likeness (QED) is 0.442. The maximum atomic E-state index is 6.44. The van der Waals surface area contributed by atoms with Crippen LogP contribution in [-0.2, 0) is 0 Å². The first-order valence-corrected chi connectivity index (χ1v) is 9.54. The lowest BCUT2D eigenvalue weighted by molar-refractivity contribution is 0.889. The molecule has 0 spiro atoms. The van der Waals surface area contributed by atoms with Gasteiger partial charge in [0.1, 0.15) is 5.82 Å². The van der Waals surface area contributed by atoms with E-state index in [1.165, 1.54) is 11.8 Å². The molecule has 0 radical (unpaired) electrons. The van der Waals surface area contributed by atoms with Crippen molar-refractivity contribution in [3.05, 3.63) is 46.7 Å². The van der Waals surface area contributed by atoms with Gasteiger partial charge in [-0.05, 0) is 42.3 Å². The number of anilines is 1. The number of aromatic nitrogens is 4. The normalized spacial score (nSPS) is 11.2. The van der Waals surface area contributed by atoms with Gasteiger partial charge in [0.15, 0.2) is 10.8 Å². The van der Waals surface area contributed by atoms with Crippen molar-refractivity contribution in [3.63, 3.8) is 0 Å². The highest BCUT2D eigenvalue weighted by Gasteiger charge is 2.19. The van der Waals surface area contributed by atoms with E-state index in [1.54, 1.807) is 16.0 Å². The molecule has 120 valence electrons. The number of hydrogen-bond donors (Lipinski definition) is 1. The number of hydrogen-bond acceptors (Lipinski definition) is 6. The van der Waals surface area contributed by atoms with Gasteiger partial charge in [-0.1, -0.05) is 23.9 Å².